The smallest absolute Gasteiger partial charge is 0.207 e. The molecule has 0 radical (unpaired) electrons. The second kappa shape index (κ2) is 5.09. The van der Waals surface area contributed by atoms with E-state index in [0.717, 1.165) is 24.8 Å². The summed E-state index contributed by atoms with van der Waals surface area (Å²) in [6, 6.07) is 6.39. The molecular formula is C13H16N2O2S. The molecule has 0 saturated carbocycles. The van der Waals surface area contributed by atoms with Crippen LogP contribution in [0.25, 0.3) is 0 Å². The van der Waals surface area contributed by atoms with Crippen LogP contribution in [0, 0.1) is 11.3 Å². The third-order valence-electron chi connectivity index (χ3n) is 3.16. The Bertz CT molecular complexity index is 587. The van der Waals surface area contributed by atoms with Crippen molar-refractivity contribution in [1.82, 2.24) is 4.72 Å². The van der Waals surface area contributed by atoms with Gasteiger partial charge in [-0.2, -0.15) is 9.98 Å². The Labute approximate surface area is 108 Å². The lowest BCUT2D eigenvalue weighted by Crippen LogP contribution is -2.31. The van der Waals surface area contributed by atoms with Gasteiger partial charge in [-0.05, 0) is 55.9 Å². The summed E-state index contributed by atoms with van der Waals surface area (Å²) in [7, 11) is -3.58. The van der Waals surface area contributed by atoms with E-state index in [4.69, 9.17) is 5.26 Å². The molecule has 2 rings (SSSR count). The van der Waals surface area contributed by atoms with Gasteiger partial charge in [-0.25, -0.2) is 8.42 Å². The summed E-state index contributed by atoms with van der Waals surface area (Å²) >= 11 is 0. The number of sulfonamides is 1. The fraction of sp³-hybridized carbons (Fsp3) is 0.462. The summed E-state index contributed by atoms with van der Waals surface area (Å²) in [6.45, 7) is 1.52. The van der Waals surface area contributed by atoms with Crippen molar-refractivity contribution in [2.75, 3.05) is 0 Å². The quantitative estimate of drug-likeness (QED) is 0.904. The normalized spacial score (nSPS) is 16.7. The average molecular weight is 264 g/mol. The van der Waals surface area contributed by atoms with E-state index in [9.17, 15) is 8.42 Å². The van der Waals surface area contributed by atoms with Crippen molar-refractivity contribution in [2.24, 2.45) is 0 Å². The Morgan fingerprint density at radius 3 is 2.61 bits per heavy atom. The number of hydrogen-bond donors (Lipinski definition) is 1. The maximum atomic E-state index is 12.0. The Hall–Kier alpha value is -1.38. The molecule has 0 bridgehead atoms. The highest BCUT2D eigenvalue weighted by molar-refractivity contribution is 7.89. The first kappa shape index (κ1) is 13.1. The van der Waals surface area contributed by atoms with Crippen LogP contribution >= 0.6 is 0 Å². The van der Waals surface area contributed by atoms with Crippen LogP contribution in [0.2, 0.25) is 0 Å². The van der Waals surface area contributed by atoms with Crippen LogP contribution < -0.4 is 4.72 Å². The monoisotopic (exact) mass is 264 g/mol. The SMILES string of the molecule is CC(C#N)NS(=O)(=O)c1ccc2c(c1)CCCC2. The molecule has 96 valence electrons. The Morgan fingerprint density at radius 2 is 1.94 bits per heavy atom. The molecule has 0 spiro atoms. The second-order valence-corrected chi connectivity index (χ2v) is 6.32. The van der Waals surface area contributed by atoms with Crippen molar-refractivity contribution in [3.05, 3.63) is 29.3 Å². The van der Waals surface area contributed by atoms with Crippen LogP contribution in [0.4, 0.5) is 0 Å². The molecule has 1 N–H and O–H groups in total. The van der Waals surface area contributed by atoms with Gasteiger partial charge in [0.2, 0.25) is 10.0 Å². The highest BCUT2D eigenvalue weighted by Gasteiger charge is 2.19. The van der Waals surface area contributed by atoms with Crippen LogP contribution in [0.3, 0.4) is 0 Å². The maximum absolute atomic E-state index is 12.0. The number of nitrogens with one attached hydrogen (secondary N) is 1. The van der Waals surface area contributed by atoms with E-state index in [0.29, 0.717) is 0 Å². The predicted molar refractivity (Wildman–Crippen MR) is 68.5 cm³/mol. The van der Waals surface area contributed by atoms with Crippen LogP contribution in [0.1, 0.15) is 30.9 Å². The van der Waals surface area contributed by atoms with Crippen LogP contribution in [-0.4, -0.2) is 14.5 Å². The molecule has 1 atom stereocenters. The summed E-state index contributed by atoms with van der Waals surface area (Å²) in [5.41, 5.74) is 2.36. The number of rotatable bonds is 3. The summed E-state index contributed by atoms with van der Waals surface area (Å²) in [4.78, 5) is 0.255. The number of fused-ring (bicyclic) bond motifs is 1. The van der Waals surface area contributed by atoms with Gasteiger partial charge in [0.15, 0.2) is 0 Å². The van der Waals surface area contributed by atoms with Crippen molar-refractivity contribution in [3.8, 4) is 6.07 Å². The number of hydrogen-bond acceptors (Lipinski definition) is 3. The standard InChI is InChI=1S/C13H16N2O2S/c1-10(9-14)15-18(16,17)13-7-6-11-4-2-3-5-12(11)8-13/h6-8,10,15H,2-5H2,1H3. The molecule has 1 unspecified atom stereocenters. The van der Waals surface area contributed by atoms with Crippen LogP contribution in [0.5, 0.6) is 0 Å². The molecule has 4 nitrogen and oxygen atoms in total. The molecule has 1 aliphatic carbocycles. The Morgan fingerprint density at radius 1 is 1.28 bits per heavy atom. The highest BCUT2D eigenvalue weighted by atomic mass is 32.2. The zero-order chi connectivity index (χ0) is 13.2. The van der Waals surface area contributed by atoms with Crippen molar-refractivity contribution < 1.29 is 8.42 Å². The fourth-order valence-electron chi connectivity index (χ4n) is 2.20. The van der Waals surface area contributed by atoms with E-state index in [1.807, 2.05) is 12.1 Å². The molecule has 0 fully saturated rings. The van der Waals surface area contributed by atoms with Gasteiger partial charge in [-0.1, -0.05) is 6.07 Å². The lowest BCUT2D eigenvalue weighted by atomic mass is 9.92. The van der Waals surface area contributed by atoms with Crippen molar-refractivity contribution >= 4 is 10.0 Å². The van der Waals surface area contributed by atoms with Gasteiger partial charge in [0.05, 0.1) is 11.0 Å². The molecule has 1 aromatic carbocycles. The van der Waals surface area contributed by atoms with Crippen LogP contribution in [0.15, 0.2) is 23.1 Å². The first-order chi connectivity index (χ1) is 8.53. The Kier molecular flexibility index (Phi) is 3.69. The van der Waals surface area contributed by atoms with E-state index in [1.54, 1.807) is 12.1 Å². The number of benzene rings is 1. The lowest BCUT2D eigenvalue weighted by molar-refractivity contribution is 0.576. The molecule has 5 heteroatoms. The minimum atomic E-state index is -3.58. The first-order valence-electron chi connectivity index (χ1n) is 6.07. The maximum Gasteiger partial charge on any atom is 0.241 e. The molecule has 0 aliphatic heterocycles. The summed E-state index contributed by atoms with van der Waals surface area (Å²) in [5.74, 6) is 0. The van der Waals surface area contributed by atoms with E-state index >= 15 is 0 Å². The molecule has 1 aromatic rings. The third-order valence-corrected chi connectivity index (χ3v) is 4.69. The van der Waals surface area contributed by atoms with E-state index in [2.05, 4.69) is 4.72 Å². The summed E-state index contributed by atoms with van der Waals surface area (Å²) < 4.78 is 26.4. The number of nitriles is 1. The molecule has 1 aliphatic rings. The average Bonchev–Trinajstić information content (AvgIpc) is 2.37. The lowest BCUT2D eigenvalue weighted by Gasteiger charge is -2.17. The van der Waals surface area contributed by atoms with E-state index in [-0.39, 0.29) is 4.90 Å². The van der Waals surface area contributed by atoms with E-state index in [1.165, 1.54) is 18.9 Å². The molecule has 0 saturated heterocycles. The molecule has 0 heterocycles. The van der Waals surface area contributed by atoms with Crippen molar-refractivity contribution in [1.29, 1.82) is 5.26 Å². The zero-order valence-electron chi connectivity index (χ0n) is 10.3. The van der Waals surface area contributed by atoms with Gasteiger partial charge in [-0.15, -0.1) is 0 Å². The first-order valence-corrected chi connectivity index (χ1v) is 7.55. The van der Waals surface area contributed by atoms with Crippen molar-refractivity contribution in [3.63, 3.8) is 0 Å². The largest absolute Gasteiger partial charge is 0.241 e. The molecule has 18 heavy (non-hydrogen) atoms. The highest BCUT2D eigenvalue weighted by Crippen LogP contribution is 2.24. The fourth-order valence-corrected chi connectivity index (χ4v) is 3.40. The minimum absolute atomic E-state index is 0.255. The molecule has 0 amide bonds. The van der Waals surface area contributed by atoms with Gasteiger partial charge in [0.1, 0.15) is 6.04 Å². The Balaban J connectivity index is 2.31. The van der Waals surface area contributed by atoms with Gasteiger partial charge in [0.25, 0.3) is 0 Å². The second-order valence-electron chi connectivity index (χ2n) is 4.61. The predicted octanol–water partition coefficient (Wildman–Crippen LogP) is 1.76. The molecule has 0 aromatic heterocycles. The number of aryl methyl sites for hydroxylation is 2. The van der Waals surface area contributed by atoms with E-state index < -0.39 is 16.1 Å². The third kappa shape index (κ3) is 2.71. The van der Waals surface area contributed by atoms with Crippen molar-refractivity contribution in [2.45, 2.75) is 43.5 Å². The zero-order valence-corrected chi connectivity index (χ0v) is 11.1. The number of nitrogens with zero attached hydrogens (tertiary/aromatic N) is 1. The van der Waals surface area contributed by atoms with Gasteiger partial charge in [0, 0.05) is 0 Å². The molecular weight excluding hydrogens is 248 g/mol. The van der Waals surface area contributed by atoms with Gasteiger partial charge < -0.3 is 0 Å². The summed E-state index contributed by atoms with van der Waals surface area (Å²) in [6.07, 6.45) is 4.24. The topological polar surface area (TPSA) is 70.0 Å². The van der Waals surface area contributed by atoms with Gasteiger partial charge >= 0.3 is 0 Å². The van der Waals surface area contributed by atoms with Gasteiger partial charge in [-0.3, -0.25) is 0 Å². The minimum Gasteiger partial charge on any atom is -0.207 e. The van der Waals surface area contributed by atoms with Crippen LogP contribution in [-0.2, 0) is 22.9 Å². The summed E-state index contributed by atoms with van der Waals surface area (Å²) in [5, 5.41) is 8.66.